The van der Waals surface area contributed by atoms with Crippen molar-refractivity contribution in [3.63, 3.8) is 0 Å². The van der Waals surface area contributed by atoms with Crippen LogP contribution in [-0.2, 0) is 10.0 Å². The van der Waals surface area contributed by atoms with Gasteiger partial charge in [-0.05, 0) is 62.2 Å². The van der Waals surface area contributed by atoms with Gasteiger partial charge in [0.1, 0.15) is 0 Å². The highest BCUT2D eigenvalue weighted by Gasteiger charge is 2.16. The molecule has 2 aromatic rings. The topological polar surface area (TPSA) is 72.2 Å². The summed E-state index contributed by atoms with van der Waals surface area (Å²) in [5.41, 5.74) is 6.54. The zero-order valence-corrected chi connectivity index (χ0v) is 13.6. The quantitative estimate of drug-likeness (QED) is 0.766. The van der Waals surface area contributed by atoms with Gasteiger partial charge in [0.2, 0.25) is 0 Å². The van der Waals surface area contributed by atoms with Gasteiger partial charge in [0.05, 0.1) is 10.6 Å². The first-order valence-electron chi connectivity index (χ1n) is 5.22. The molecular weight excluding hydrogens is 396 g/mol. The third-order valence-electron chi connectivity index (χ3n) is 2.40. The third kappa shape index (κ3) is 3.29. The smallest absolute Gasteiger partial charge is 0.262 e. The molecule has 100 valence electrons. The van der Waals surface area contributed by atoms with Gasteiger partial charge in [-0.1, -0.05) is 12.1 Å². The minimum absolute atomic E-state index is 0.115. The molecule has 0 heterocycles. The summed E-state index contributed by atoms with van der Waals surface area (Å²) in [5.74, 6) is 0. The predicted molar refractivity (Wildman–Crippen MR) is 83.5 cm³/mol. The van der Waals surface area contributed by atoms with E-state index in [2.05, 4.69) is 36.6 Å². The predicted octanol–water partition coefficient (Wildman–Crippen LogP) is 3.59. The molecule has 3 N–H and O–H groups in total. The van der Waals surface area contributed by atoms with Crippen molar-refractivity contribution in [2.24, 2.45) is 0 Å². The molecule has 0 unspecified atom stereocenters. The average Bonchev–Trinajstić information content (AvgIpc) is 2.35. The highest BCUT2D eigenvalue weighted by atomic mass is 79.9. The van der Waals surface area contributed by atoms with Crippen LogP contribution in [0.25, 0.3) is 0 Å². The Morgan fingerprint density at radius 1 is 1.00 bits per heavy atom. The normalized spacial score (nSPS) is 11.3. The molecule has 2 aromatic carbocycles. The molecular formula is C12H10Br2N2O2S. The molecule has 0 bridgehead atoms. The maximum atomic E-state index is 12.2. The Hall–Kier alpha value is -1.05. The van der Waals surface area contributed by atoms with Crippen LogP contribution in [-0.4, -0.2) is 8.42 Å². The standard InChI is InChI=1S/C12H10Br2N2O2S/c13-9-6-5-8(7-11(9)15)19(17,18)16-12-4-2-1-3-10(12)14/h1-7,16H,15H2. The molecule has 0 aliphatic heterocycles. The van der Waals surface area contributed by atoms with Crippen molar-refractivity contribution >= 4 is 53.3 Å². The van der Waals surface area contributed by atoms with E-state index < -0.39 is 10.0 Å². The molecule has 0 atom stereocenters. The number of benzene rings is 2. The lowest BCUT2D eigenvalue weighted by molar-refractivity contribution is 0.601. The number of rotatable bonds is 3. The van der Waals surface area contributed by atoms with Crippen LogP contribution < -0.4 is 10.5 Å². The van der Waals surface area contributed by atoms with Gasteiger partial charge in [-0.3, -0.25) is 4.72 Å². The summed E-state index contributed by atoms with van der Waals surface area (Å²) in [6.07, 6.45) is 0. The molecule has 7 heteroatoms. The largest absolute Gasteiger partial charge is 0.398 e. The average molecular weight is 406 g/mol. The number of nitrogens with two attached hydrogens (primary N) is 1. The van der Waals surface area contributed by atoms with Gasteiger partial charge in [0.25, 0.3) is 10.0 Å². The van der Waals surface area contributed by atoms with Crippen LogP contribution in [0.5, 0.6) is 0 Å². The number of halogens is 2. The van der Waals surface area contributed by atoms with Crippen LogP contribution in [0.1, 0.15) is 0 Å². The lowest BCUT2D eigenvalue weighted by Gasteiger charge is -2.10. The second-order valence-corrected chi connectivity index (χ2v) is 7.16. The number of para-hydroxylation sites is 1. The number of hydrogen-bond acceptors (Lipinski definition) is 3. The van der Waals surface area contributed by atoms with Crippen molar-refractivity contribution < 1.29 is 8.42 Å². The van der Waals surface area contributed by atoms with E-state index in [1.807, 2.05) is 0 Å². The fourth-order valence-corrected chi connectivity index (χ4v) is 3.31. The second kappa shape index (κ2) is 5.52. The SMILES string of the molecule is Nc1cc(S(=O)(=O)Nc2ccccc2Br)ccc1Br. The summed E-state index contributed by atoms with van der Waals surface area (Å²) in [6, 6.07) is 11.5. The molecule has 0 aliphatic carbocycles. The molecule has 0 spiro atoms. The molecule has 0 aliphatic rings. The van der Waals surface area contributed by atoms with Crippen molar-refractivity contribution in [2.75, 3.05) is 10.5 Å². The van der Waals surface area contributed by atoms with Crippen molar-refractivity contribution in [3.05, 3.63) is 51.4 Å². The van der Waals surface area contributed by atoms with E-state index in [1.165, 1.54) is 12.1 Å². The van der Waals surface area contributed by atoms with E-state index in [-0.39, 0.29) is 4.90 Å². The van der Waals surface area contributed by atoms with Crippen LogP contribution in [0.4, 0.5) is 11.4 Å². The minimum atomic E-state index is -3.66. The number of nitrogens with one attached hydrogen (secondary N) is 1. The van der Waals surface area contributed by atoms with Gasteiger partial charge in [0.15, 0.2) is 0 Å². The Morgan fingerprint density at radius 2 is 1.68 bits per heavy atom. The summed E-state index contributed by atoms with van der Waals surface area (Å²) >= 11 is 6.52. The van der Waals surface area contributed by atoms with Crippen LogP contribution in [0, 0.1) is 0 Å². The van der Waals surface area contributed by atoms with E-state index in [0.29, 0.717) is 20.3 Å². The fourth-order valence-electron chi connectivity index (χ4n) is 1.44. The van der Waals surface area contributed by atoms with Crippen molar-refractivity contribution in [3.8, 4) is 0 Å². The van der Waals surface area contributed by atoms with Gasteiger partial charge < -0.3 is 5.73 Å². The van der Waals surface area contributed by atoms with Crippen molar-refractivity contribution in [1.29, 1.82) is 0 Å². The van der Waals surface area contributed by atoms with Crippen LogP contribution >= 0.6 is 31.9 Å². The lowest BCUT2D eigenvalue weighted by Crippen LogP contribution is -2.13. The van der Waals surface area contributed by atoms with Crippen LogP contribution in [0.15, 0.2) is 56.3 Å². The molecule has 0 saturated carbocycles. The zero-order chi connectivity index (χ0) is 14.0. The molecule has 2 rings (SSSR count). The van der Waals surface area contributed by atoms with Gasteiger partial charge in [-0.15, -0.1) is 0 Å². The third-order valence-corrected chi connectivity index (χ3v) is 5.17. The Kier molecular flexibility index (Phi) is 4.17. The summed E-state index contributed by atoms with van der Waals surface area (Å²) in [5, 5.41) is 0. The van der Waals surface area contributed by atoms with Gasteiger partial charge in [0, 0.05) is 14.6 Å². The van der Waals surface area contributed by atoms with Crippen molar-refractivity contribution in [1.82, 2.24) is 0 Å². The summed E-state index contributed by atoms with van der Waals surface area (Å²) in [6.45, 7) is 0. The first kappa shape index (κ1) is 14.4. The monoisotopic (exact) mass is 404 g/mol. The van der Waals surface area contributed by atoms with E-state index in [4.69, 9.17) is 5.73 Å². The first-order chi connectivity index (χ1) is 8.90. The second-order valence-electron chi connectivity index (χ2n) is 3.77. The van der Waals surface area contributed by atoms with E-state index >= 15 is 0 Å². The van der Waals surface area contributed by atoms with E-state index in [0.717, 1.165) is 0 Å². The molecule has 0 radical (unpaired) electrons. The van der Waals surface area contributed by atoms with Gasteiger partial charge >= 0.3 is 0 Å². The van der Waals surface area contributed by atoms with Gasteiger partial charge in [-0.2, -0.15) is 0 Å². The van der Waals surface area contributed by atoms with Crippen molar-refractivity contribution in [2.45, 2.75) is 4.90 Å². The Balaban J connectivity index is 2.38. The fraction of sp³-hybridized carbons (Fsp3) is 0. The Bertz CT molecular complexity index is 717. The molecule has 4 nitrogen and oxygen atoms in total. The highest BCUT2D eigenvalue weighted by Crippen LogP contribution is 2.27. The molecule has 0 saturated heterocycles. The Labute approximate surface area is 128 Å². The molecule has 0 fully saturated rings. The molecule has 0 amide bonds. The first-order valence-corrected chi connectivity index (χ1v) is 8.29. The van der Waals surface area contributed by atoms with Crippen LogP contribution in [0.2, 0.25) is 0 Å². The number of nitrogen functional groups attached to an aromatic ring is 1. The van der Waals surface area contributed by atoms with E-state index in [9.17, 15) is 8.42 Å². The van der Waals surface area contributed by atoms with Crippen LogP contribution in [0.3, 0.4) is 0 Å². The van der Waals surface area contributed by atoms with E-state index in [1.54, 1.807) is 30.3 Å². The molecule has 19 heavy (non-hydrogen) atoms. The zero-order valence-electron chi connectivity index (χ0n) is 9.60. The minimum Gasteiger partial charge on any atom is -0.398 e. The summed E-state index contributed by atoms with van der Waals surface area (Å²) in [4.78, 5) is 0.115. The summed E-state index contributed by atoms with van der Waals surface area (Å²) in [7, 11) is -3.66. The Morgan fingerprint density at radius 3 is 2.32 bits per heavy atom. The highest BCUT2D eigenvalue weighted by molar-refractivity contribution is 9.11. The lowest BCUT2D eigenvalue weighted by atomic mass is 10.3. The maximum absolute atomic E-state index is 12.2. The number of hydrogen-bond donors (Lipinski definition) is 2. The number of sulfonamides is 1. The van der Waals surface area contributed by atoms with Gasteiger partial charge in [-0.25, -0.2) is 8.42 Å². The number of anilines is 2. The molecule has 0 aromatic heterocycles. The summed E-state index contributed by atoms with van der Waals surface area (Å²) < 4.78 is 28.3. The maximum Gasteiger partial charge on any atom is 0.262 e.